The van der Waals surface area contributed by atoms with Gasteiger partial charge in [-0.15, -0.1) is 0 Å². The van der Waals surface area contributed by atoms with Crippen molar-refractivity contribution in [2.45, 2.75) is 19.9 Å². The van der Waals surface area contributed by atoms with Crippen LogP contribution in [0.1, 0.15) is 24.3 Å². The summed E-state index contributed by atoms with van der Waals surface area (Å²) in [5.74, 6) is 1.07. The third kappa shape index (κ3) is 5.44. The van der Waals surface area contributed by atoms with Crippen molar-refractivity contribution in [3.05, 3.63) is 70.7 Å². The van der Waals surface area contributed by atoms with E-state index >= 15 is 0 Å². The quantitative estimate of drug-likeness (QED) is 0.313. The molecule has 3 N–H and O–H groups in total. The fourth-order valence-electron chi connectivity index (χ4n) is 3.83. The van der Waals surface area contributed by atoms with Crippen molar-refractivity contribution >= 4 is 44.5 Å². The lowest BCUT2D eigenvalue weighted by Gasteiger charge is -2.11. The number of imidazole rings is 1. The molecule has 3 heterocycles. The van der Waals surface area contributed by atoms with Gasteiger partial charge in [0.2, 0.25) is 5.95 Å². The first-order chi connectivity index (χ1) is 16.5. The fraction of sp³-hybridized carbons (Fsp3) is 0.240. The maximum absolute atomic E-state index is 13.9. The fourth-order valence-corrected chi connectivity index (χ4v) is 4.08. The van der Waals surface area contributed by atoms with Gasteiger partial charge in [0.05, 0.1) is 15.5 Å². The molecule has 0 radical (unpaired) electrons. The number of ether oxygens (including phenoxy) is 1. The molecular formula is C25H26BrFN6O2. The van der Waals surface area contributed by atoms with Crippen molar-refractivity contribution in [1.29, 1.82) is 0 Å². The van der Waals surface area contributed by atoms with Crippen LogP contribution >= 0.6 is 15.9 Å². The first kappa shape index (κ1) is 24.6. The highest BCUT2D eigenvalue weighted by Crippen LogP contribution is 2.29. The zero-order chi connectivity index (χ0) is 23.7. The number of nitrogens with one attached hydrogen (secondary N) is 3. The van der Waals surface area contributed by atoms with Gasteiger partial charge >= 0.3 is 0 Å². The van der Waals surface area contributed by atoms with Crippen LogP contribution in [0, 0.1) is 5.82 Å². The topological polar surface area (TPSA) is 93.1 Å². The molecule has 182 valence electrons. The van der Waals surface area contributed by atoms with E-state index in [1.54, 1.807) is 30.5 Å². The van der Waals surface area contributed by atoms with Crippen LogP contribution in [0.5, 0.6) is 11.5 Å². The Labute approximate surface area is 211 Å². The monoisotopic (exact) mass is 540 g/mol. The van der Waals surface area contributed by atoms with Crippen molar-refractivity contribution in [2.75, 3.05) is 18.4 Å². The summed E-state index contributed by atoms with van der Waals surface area (Å²) in [5.41, 5.74) is 2.48. The minimum Gasteiger partial charge on any atom is -0.457 e. The molecule has 10 heteroatoms. The number of benzene rings is 2. The molecule has 2 aromatic heterocycles. The minimum atomic E-state index is -0.357. The van der Waals surface area contributed by atoms with Gasteiger partial charge in [0, 0.05) is 43.7 Å². The van der Waals surface area contributed by atoms with Crippen molar-refractivity contribution in [2.24, 2.45) is 7.05 Å². The molecule has 0 spiro atoms. The molecule has 2 aromatic carbocycles. The third-order valence-corrected chi connectivity index (χ3v) is 6.27. The Kier molecular flexibility index (Phi) is 7.32. The molecule has 4 aromatic rings. The number of pyridine rings is 1. The van der Waals surface area contributed by atoms with Gasteiger partial charge in [0.25, 0.3) is 5.91 Å². The lowest BCUT2D eigenvalue weighted by Crippen LogP contribution is -2.36. The van der Waals surface area contributed by atoms with Crippen LogP contribution in [0.2, 0.25) is 0 Å². The van der Waals surface area contributed by atoms with Gasteiger partial charge in [-0.3, -0.25) is 9.78 Å². The number of anilines is 2. The predicted molar refractivity (Wildman–Crippen MR) is 138 cm³/mol. The first-order valence-corrected chi connectivity index (χ1v) is 11.6. The molecule has 5 rings (SSSR count). The van der Waals surface area contributed by atoms with Gasteiger partial charge in [-0.2, -0.15) is 0 Å². The highest BCUT2D eigenvalue weighted by molar-refractivity contribution is 9.10. The molecule has 1 aliphatic rings. The Balaban J connectivity index is 0.00000289. The first-order valence-electron chi connectivity index (χ1n) is 10.8. The summed E-state index contributed by atoms with van der Waals surface area (Å²) < 4.78 is 22.1. The Hall–Kier alpha value is -3.50. The number of fused-ring (bicyclic) bond motifs is 1. The summed E-state index contributed by atoms with van der Waals surface area (Å²) in [4.78, 5) is 21.3. The lowest BCUT2D eigenvalue weighted by molar-refractivity contribution is 0.0934. The standard InChI is InChI=1S/C24H22BrFN6O2.CH4/c1-32-22-5-3-16(11-20(22)31-24(32)30-14-2-4-18(25)19(26)10-14)34-17-7-9-28-21(12-17)23(33)29-15-6-8-27-13-15;/h2-5,7,9-12,15,27H,6,8,13H2,1H3,(H,29,33)(H,30,31);1H4/t15-;/m1./s1. The Morgan fingerprint density at radius 2 is 2.03 bits per heavy atom. The second-order valence-corrected chi connectivity index (χ2v) is 8.90. The van der Waals surface area contributed by atoms with Crippen LogP contribution in [-0.4, -0.2) is 39.6 Å². The van der Waals surface area contributed by atoms with Gasteiger partial charge in [0.15, 0.2) is 0 Å². The highest BCUT2D eigenvalue weighted by Gasteiger charge is 2.19. The van der Waals surface area contributed by atoms with E-state index in [1.807, 2.05) is 29.8 Å². The minimum absolute atomic E-state index is 0. The number of carbonyl (C=O) groups is 1. The maximum atomic E-state index is 13.9. The van der Waals surface area contributed by atoms with E-state index in [2.05, 4.69) is 41.8 Å². The van der Waals surface area contributed by atoms with Crippen molar-refractivity contribution in [1.82, 2.24) is 25.2 Å². The van der Waals surface area contributed by atoms with Crippen LogP contribution in [-0.2, 0) is 7.05 Å². The van der Waals surface area contributed by atoms with E-state index < -0.39 is 0 Å². The number of hydrogen-bond acceptors (Lipinski definition) is 6. The Morgan fingerprint density at radius 1 is 1.20 bits per heavy atom. The second kappa shape index (κ2) is 10.4. The third-order valence-electron chi connectivity index (χ3n) is 5.62. The highest BCUT2D eigenvalue weighted by atomic mass is 79.9. The van der Waals surface area contributed by atoms with Crippen molar-refractivity contribution in [3.8, 4) is 11.5 Å². The summed E-state index contributed by atoms with van der Waals surface area (Å²) in [7, 11) is 1.88. The summed E-state index contributed by atoms with van der Waals surface area (Å²) in [6, 6.07) is 13.8. The number of halogens is 2. The smallest absolute Gasteiger partial charge is 0.270 e. The van der Waals surface area contributed by atoms with E-state index in [0.717, 1.165) is 25.0 Å². The number of aromatic nitrogens is 3. The van der Waals surface area contributed by atoms with E-state index in [-0.39, 0.29) is 25.2 Å². The normalized spacial score (nSPS) is 15.0. The summed E-state index contributed by atoms with van der Waals surface area (Å²) >= 11 is 3.16. The molecule has 1 saturated heterocycles. The number of carbonyl (C=O) groups excluding carboxylic acids is 1. The lowest BCUT2D eigenvalue weighted by atomic mass is 10.2. The van der Waals surface area contributed by atoms with Gasteiger partial charge in [-0.1, -0.05) is 7.43 Å². The van der Waals surface area contributed by atoms with E-state index in [9.17, 15) is 9.18 Å². The van der Waals surface area contributed by atoms with Gasteiger partial charge < -0.3 is 25.3 Å². The number of hydrogen-bond donors (Lipinski definition) is 3. The number of nitrogens with zero attached hydrogens (tertiary/aromatic N) is 3. The molecule has 0 aliphatic carbocycles. The van der Waals surface area contributed by atoms with Crippen LogP contribution < -0.4 is 20.7 Å². The molecule has 0 unspecified atom stereocenters. The summed E-state index contributed by atoms with van der Waals surface area (Å²) in [6.45, 7) is 1.66. The zero-order valence-electron chi connectivity index (χ0n) is 18.3. The average Bonchev–Trinajstić information content (AvgIpc) is 3.44. The van der Waals surface area contributed by atoms with Crippen LogP contribution in [0.25, 0.3) is 11.0 Å². The van der Waals surface area contributed by atoms with Gasteiger partial charge in [0.1, 0.15) is 23.0 Å². The van der Waals surface area contributed by atoms with Gasteiger partial charge in [-0.25, -0.2) is 9.37 Å². The predicted octanol–water partition coefficient (Wildman–Crippen LogP) is 5.13. The van der Waals surface area contributed by atoms with Crippen LogP contribution in [0.4, 0.5) is 16.0 Å². The maximum Gasteiger partial charge on any atom is 0.270 e. The molecule has 1 atom stereocenters. The Morgan fingerprint density at radius 3 is 2.80 bits per heavy atom. The molecule has 1 amide bonds. The zero-order valence-corrected chi connectivity index (χ0v) is 19.9. The van der Waals surface area contributed by atoms with E-state index in [1.165, 1.54) is 6.07 Å². The van der Waals surface area contributed by atoms with E-state index in [0.29, 0.717) is 38.8 Å². The number of rotatable bonds is 6. The van der Waals surface area contributed by atoms with Crippen molar-refractivity contribution < 1.29 is 13.9 Å². The molecule has 0 bridgehead atoms. The van der Waals surface area contributed by atoms with E-state index in [4.69, 9.17) is 4.74 Å². The van der Waals surface area contributed by atoms with Crippen LogP contribution in [0.3, 0.4) is 0 Å². The molecular weight excluding hydrogens is 515 g/mol. The largest absolute Gasteiger partial charge is 0.457 e. The average molecular weight is 541 g/mol. The SMILES string of the molecule is C.Cn1c(Nc2ccc(Br)c(F)c2)nc2cc(Oc3ccnc(C(=O)N[C@@H]4CCNC4)c3)ccc21. The molecule has 8 nitrogen and oxygen atoms in total. The number of aryl methyl sites for hydroxylation is 1. The summed E-state index contributed by atoms with van der Waals surface area (Å²) in [5, 5.41) is 9.34. The van der Waals surface area contributed by atoms with Crippen molar-refractivity contribution in [3.63, 3.8) is 0 Å². The molecule has 1 aliphatic heterocycles. The molecule has 1 fully saturated rings. The molecule has 35 heavy (non-hydrogen) atoms. The second-order valence-electron chi connectivity index (χ2n) is 8.04. The van der Waals surface area contributed by atoms with Gasteiger partial charge in [-0.05, 0) is 65.3 Å². The Bertz CT molecular complexity index is 1370. The number of amides is 1. The molecule has 0 saturated carbocycles. The van der Waals surface area contributed by atoms with Crippen LogP contribution in [0.15, 0.2) is 59.2 Å². The summed E-state index contributed by atoms with van der Waals surface area (Å²) in [6.07, 6.45) is 2.45.